The van der Waals surface area contributed by atoms with Gasteiger partial charge >= 0.3 is 0 Å². The molecule has 0 aromatic heterocycles. The third-order valence-electron chi connectivity index (χ3n) is 0.440. The molecular weight excluding hydrogens is 128 g/mol. The minimum atomic E-state index is -0.728. The van der Waals surface area contributed by atoms with Gasteiger partial charge in [0.2, 0.25) is 0 Å². The first-order chi connectivity index (χ1) is 3.31. The molecule has 0 saturated carbocycles. The Morgan fingerprint density at radius 3 is 2.71 bits per heavy atom. The molecule has 0 aliphatic carbocycles. The molecule has 0 radical (unpaired) electrons. The molecule has 0 saturated heterocycles. The van der Waals surface area contributed by atoms with Crippen molar-refractivity contribution in [2.45, 2.75) is 0 Å². The van der Waals surface area contributed by atoms with Crippen LogP contribution in [0.15, 0.2) is 12.7 Å². The SMILES string of the molecule is C=CC[S@@](=O)SC. The Hall–Kier alpha value is 0.240. The van der Waals surface area contributed by atoms with Crippen LogP contribution in [-0.2, 0) is 9.83 Å². The van der Waals surface area contributed by atoms with Crippen molar-refractivity contribution in [1.29, 1.82) is 0 Å². The van der Waals surface area contributed by atoms with Crippen molar-refractivity contribution in [1.82, 2.24) is 0 Å². The van der Waals surface area contributed by atoms with Crippen LogP contribution >= 0.6 is 10.8 Å². The van der Waals surface area contributed by atoms with Gasteiger partial charge < -0.3 is 0 Å². The first-order valence-corrected chi connectivity index (χ1v) is 4.91. The number of rotatable bonds is 3. The summed E-state index contributed by atoms with van der Waals surface area (Å²) in [5.41, 5.74) is 0. The van der Waals surface area contributed by atoms with E-state index in [1.165, 1.54) is 10.8 Å². The minimum absolute atomic E-state index is 0.598. The Labute approximate surface area is 50.0 Å². The molecule has 0 bridgehead atoms. The van der Waals surface area contributed by atoms with Gasteiger partial charge in [0, 0.05) is 0 Å². The standard InChI is InChI=1S/C4H8OS2/c1-3-4-7(5)6-2/h3H,1,4H2,2H3/t7-/m0/s1. The van der Waals surface area contributed by atoms with Gasteiger partial charge in [-0.15, -0.1) is 6.58 Å². The highest BCUT2D eigenvalue weighted by Gasteiger charge is 1.86. The van der Waals surface area contributed by atoms with Crippen LogP contribution in [-0.4, -0.2) is 16.2 Å². The van der Waals surface area contributed by atoms with Crippen LogP contribution < -0.4 is 0 Å². The second-order valence-corrected chi connectivity index (χ2v) is 4.32. The highest BCUT2D eigenvalue weighted by Crippen LogP contribution is 1.99. The Bertz CT molecular complexity index is 79.8. The van der Waals surface area contributed by atoms with E-state index < -0.39 is 9.83 Å². The fourth-order valence-corrected chi connectivity index (χ4v) is 1.19. The first kappa shape index (κ1) is 7.24. The molecule has 0 aliphatic heterocycles. The van der Waals surface area contributed by atoms with Crippen molar-refractivity contribution in [3.8, 4) is 0 Å². The molecule has 7 heavy (non-hydrogen) atoms. The lowest BCUT2D eigenvalue weighted by atomic mass is 10.8. The summed E-state index contributed by atoms with van der Waals surface area (Å²) in [7, 11) is 0.622. The summed E-state index contributed by atoms with van der Waals surface area (Å²) in [5.74, 6) is 0.598. The van der Waals surface area contributed by atoms with E-state index >= 15 is 0 Å². The highest BCUT2D eigenvalue weighted by molar-refractivity contribution is 8.68. The van der Waals surface area contributed by atoms with Crippen LogP contribution in [0.3, 0.4) is 0 Å². The van der Waals surface area contributed by atoms with E-state index in [-0.39, 0.29) is 0 Å². The summed E-state index contributed by atoms with van der Waals surface area (Å²) >= 11 is 0. The average molecular weight is 136 g/mol. The third-order valence-corrected chi connectivity index (χ3v) is 2.84. The summed E-state index contributed by atoms with van der Waals surface area (Å²) in [6, 6.07) is 0. The molecule has 0 fully saturated rings. The topological polar surface area (TPSA) is 17.1 Å². The Kier molecular flexibility index (Phi) is 4.55. The zero-order chi connectivity index (χ0) is 5.70. The van der Waals surface area contributed by atoms with Crippen molar-refractivity contribution in [2.75, 3.05) is 12.0 Å². The van der Waals surface area contributed by atoms with E-state index in [2.05, 4.69) is 6.58 Å². The Balaban J connectivity index is 3.17. The lowest BCUT2D eigenvalue weighted by molar-refractivity contribution is 0.693. The maximum Gasteiger partial charge on any atom is 0.0839 e. The molecule has 1 nitrogen and oxygen atoms in total. The predicted octanol–water partition coefficient (Wildman–Crippen LogP) is 1.20. The monoisotopic (exact) mass is 136 g/mol. The predicted molar refractivity (Wildman–Crippen MR) is 36.7 cm³/mol. The maximum atomic E-state index is 10.4. The fourth-order valence-electron chi connectivity index (χ4n) is 0.164. The summed E-state index contributed by atoms with van der Waals surface area (Å²) in [6.45, 7) is 3.44. The summed E-state index contributed by atoms with van der Waals surface area (Å²) in [5, 5.41) is 0. The van der Waals surface area contributed by atoms with Gasteiger partial charge in [0.25, 0.3) is 0 Å². The average Bonchev–Trinajstić information content (AvgIpc) is 1.68. The van der Waals surface area contributed by atoms with Gasteiger partial charge in [-0.2, -0.15) is 0 Å². The number of hydrogen-bond acceptors (Lipinski definition) is 2. The van der Waals surface area contributed by atoms with Crippen molar-refractivity contribution in [2.24, 2.45) is 0 Å². The molecule has 0 spiro atoms. The van der Waals surface area contributed by atoms with Crippen LogP contribution in [0.2, 0.25) is 0 Å². The molecule has 0 unspecified atom stereocenters. The van der Waals surface area contributed by atoms with E-state index in [4.69, 9.17) is 0 Å². The van der Waals surface area contributed by atoms with Crippen molar-refractivity contribution in [3.05, 3.63) is 12.7 Å². The van der Waals surface area contributed by atoms with E-state index in [1.807, 2.05) is 6.26 Å². The Morgan fingerprint density at radius 1 is 2.00 bits per heavy atom. The summed E-state index contributed by atoms with van der Waals surface area (Å²) in [4.78, 5) is 0. The maximum absolute atomic E-state index is 10.4. The molecule has 0 aromatic carbocycles. The van der Waals surface area contributed by atoms with Crippen molar-refractivity contribution in [3.63, 3.8) is 0 Å². The first-order valence-electron chi connectivity index (χ1n) is 1.85. The fraction of sp³-hybridized carbons (Fsp3) is 0.500. The summed E-state index contributed by atoms with van der Waals surface area (Å²) in [6.07, 6.45) is 3.48. The van der Waals surface area contributed by atoms with Crippen LogP contribution in [0.25, 0.3) is 0 Å². The normalized spacial score (nSPS) is 13.3. The van der Waals surface area contributed by atoms with Gasteiger partial charge in [0.05, 0.1) is 15.6 Å². The number of hydrogen-bond donors (Lipinski definition) is 0. The van der Waals surface area contributed by atoms with E-state index in [1.54, 1.807) is 6.08 Å². The van der Waals surface area contributed by atoms with E-state index in [0.29, 0.717) is 5.75 Å². The van der Waals surface area contributed by atoms with Gasteiger partial charge in [-0.3, -0.25) is 0 Å². The van der Waals surface area contributed by atoms with Crippen LogP contribution in [0, 0.1) is 0 Å². The van der Waals surface area contributed by atoms with Crippen LogP contribution in [0.1, 0.15) is 0 Å². The quantitative estimate of drug-likeness (QED) is 0.428. The van der Waals surface area contributed by atoms with Crippen LogP contribution in [0.5, 0.6) is 0 Å². The molecule has 0 heterocycles. The van der Waals surface area contributed by atoms with Crippen molar-refractivity contribution < 1.29 is 4.21 Å². The van der Waals surface area contributed by atoms with Gasteiger partial charge in [-0.25, -0.2) is 4.21 Å². The molecule has 0 amide bonds. The molecule has 0 N–H and O–H groups in total. The zero-order valence-electron chi connectivity index (χ0n) is 4.22. The lowest BCUT2D eigenvalue weighted by Gasteiger charge is -1.85. The Morgan fingerprint density at radius 2 is 2.57 bits per heavy atom. The molecule has 1 atom stereocenters. The second-order valence-electron chi connectivity index (χ2n) is 0.926. The van der Waals surface area contributed by atoms with E-state index in [9.17, 15) is 4.21 Å². The molecular formula is C4H8OS2. The third kappa shape index (κ3) is 4.09. The second kappa shape index (κ2) is 4.40. The molecule has 0 aromatic rings. The molecule has 0 rings (SSSR count). The van der Waals surface area contributed by atoms with Gasteiger partial charge in [0.15, 0.2) is 0 Å². The van der Waals surface area contributed by atoms with E-state index in [0.717, 1.165) is 0 Å². The molecule has 42 valence electrons. The smallest absolute Gasteiger partial charge is 0.0839 e. The molecule has 0 aliphatic rings. The van der Waals surface area contributed by atoms with Crippen LogP contribution in [0.4, 0.5) is 0 Å². The largest absolute Gasteiger partial charge is 0.248 e. The lowest BCUT2D eigenvalue weighted by Crippen LogP contribution is -1.83. The highest BCUT2D eigenvalue weighted by atomic mass is 33.1. The van der Waals surface area contributed by atoms with Gasteiger partial charge in [0.1, 0.15) is 0 Å². The molecule has 3 heteroatoms. The minimum Gasteiger partial charge on any atom is -0.248 e. The van der Waals surface area contributed by atoms with Gasteiger partial charge in [-0.1, -0.05) is 16.9 Å². The van der Waals surface area contributed by atoms with Gasteiger partial charge in [-0.05, 0) is 6.26 Å². The van der Waals surface area contributed by atoms with Crippen molar-refractivity contribution >= 4 is 20.6 Å². The zero-order valence-corrected chi connectivity index (χ0v) is 5.85. The summed E-state index contributed by atoms with van der Waals surface area (Å²) < 4.78 is 10.4.